The summed E-state index contributed by atoms with van der Waals surface area (Å²) in [6, 6.07) is 4.75. The van der Waals surface area contributed by atoms with E-state index in [9.17, 15) is 4.39 Å². The third kappa shape index (κ3) is 3.83. The van der Waals surface area contributed by atoms with Gasteiger partial charge in [-0.3, -0.25) is 11.3 Å². The smallest absolute Gasteiger partial charge is 0.124 e. The van der Waals surface area contributed by atoms with Crippen molar-refractivity contribution >= 4 is 15.9 Å². The van der Waals surface area contributed by atoms with Crippen LogP contribution in [0.2, 0.25) is 0 Å². The summed E-state index contributed by atoms with van der Waals surface area (Å²) < 4.78 is 19.1. The minimum atomic E-state index is -0.259. The van der Waals surface area contributed by atoms with E-state index in [0.717, 1.165) is 10.0 Å². The van der Waals surface area contributed by atoms with Crippen molar-refractivity contribution in [1.29, 1.82) is 0 Å². The van der Waals surface area contributed by atoms with Crippen LogP contribution in [0.1, 0.15) is 12.5 Å². The fourth-order valence-electron chi connectivity index (χ4n) is 1.51. The molecule has 0 radical (unpaired) electrons. The molecule has 3 N–H and O–H groups in total. The Hall–Kier alpha value is -0.490. The molecule has 2 unspecified atom stereocenters. The average molecular weight is 291 g/mol. The van der Waals surface area contributed by atoms with Gasteiger partial charge in [0.1, 0.15) is 5.82 Å². The summed E-state index contributed by atoms with van der Waals surface area (Å²) >= 11 is 3.26. The number of nitrogens with two attached hydrogens (primary N) is 1. The Kier molecular flexibility index (Phi) is 5.34. The summed E-state index contributed by atoms with van der Waals surface area (Å²) in [4.78, 5) is 0. The maximum absolute atomic E-state index is 13.2. The van der Waals surface area contributed by atoms with Crippen molar-refractivity contribution in [2.75, 3.05) is 7.11 Å². The number of hydrogen-bond donors (Lipinski definition) is 2. The van der Waals surface area contributed by atoms with Crippen LogP contribution in [-0.2, 0) is 11.2 Å². The molecule has 5 heteroatoms. The first-order valence-electron chi connectivity index (χ1n) is 5.00. The van der Waals surface area contributed by atoms with Crippen molar-refractivity contribution in [2.24, 2.45) is 5.84 Å². The summed E-state index contributed by atoms with van der Waals surface area (Å²) in [6.45, 7) is 1.92. The zero-order valence-electron chi connectivity index (χ0n) is 9.34. The highest BCUT2D eigenvalue weighted by Crippen LogP contribution is 2.17. The van der Waals surface area contributed by atoms with Gasteiger partial charge in [-0.2, -0.15) is 0 Å². The van der Waals surface area contributed by atoms with Crippen molar-refractivity contribution in [3.05, 3.63) is 34.1 Å². The summed E-state index contributed by atoms with van der Waals surface area (Å²) in [5, 5.41) is 0. The van der Waals surface area contributed by atoms with Gasteiger partial charge in [0, 0.05) is 11.6 Å². The molecule has 0 aliphatic rings. The number of hydrogen-bond acceptors (Lipinski definition) is 3. The lowest BCUT2D eigenvalue weighted by Crippen LogP contribution is -2.45. The van der Waals surface area contributed by atoms with Gasteiger partial charge in [0.05, 0.1) is 12.1 Å². The van der Waals surface area contributed by atoms with Gasteiger partial charge >= 0.3 is 0 Å². The second-order valence-electron chi connectivity index (χ2n) is 3.70. The number of ether oxygens (including phenoxy) is 1. The number of halogens is 2. The van der Waals surface area contributed by atoms with Gasteiger partial charge in [-0.1, -0.05) is 15.9 Å². The van der Waals surface area contributed by atoms with Crippen LogP contribution in [-0.4, -0.2) is 19.3 Å². The first-order valence-corrected chi connectivity index (χ1v) is 5.80. The van der Waals surface area contributed by atoms with Crippen LogP contribution < -0.4 is 11.3 Å². The normalized spacial score (nSPS) is 14.8. The molecule has 0 saturated heterocycles. The van der Waals surface area contributed by atoms with E-state index >= 15 is 0 Å². The highest BCUT2D eigenvalue weighted by molar-refractivity contribution is 9.10. The largest absolute Gasteiger partial charge is 0.380 e. The molecular formula is C11H16BrFN2O. The Morgan fingerprint density at radius 2 is 2.19 bits per heavy atom. The third-order valence-electron chi connectivity index (χ3n) is 2.53. The van der Waals surface area contributed by atoms with E-state index in [0.29, 0.717) is 6.42 Å². The maximum atomic E-state index is 13.2. The molecule has 0 aliphatic carbocycles. The second-order valence-corrected chi connectivity index (χ2v) is 4.61. The Balaban J connectivity index is 2.77. The molecule has 0 heterocycles. The molecule has 1 aromatic carbocycles. The van der Waals surface area contributed by atoms with Gasteiger partial charge < -0.3 is 4.74 Å². The predicted octanol–water partition coefficient (Wildman–Crippen LogP) is 2.00. The Bertz CT molecular complexity index is 329. The Morgan fingerprint density at radius 1 is 1.50 bits per heavy atom. The van der Waals surface area contributed by atoms with E-state index in [1.54, 1.807) is 7.11 Å². The molecular weight excluding hydrogens is 275 g/mol. The van der Waals surface area contributed by atoms with Crippen molar-refractivity contribution in [3.63, 3.8) is 0 Å². The van der Waals surface area contributed by atoms with Crippen molar-refractivity contribution < 1.29 is 9.13 Å². The molecule has 0 saturated carbocycles. The Labute approximate surface area is 103 Å². The van der Waals surface area contributed by atoms with E-state index in [2.05, 4.69) is 21.4 Å². The van der Waals surface area contributed by atoms with Crippen molar-refractivity contribution in [2.45, 2.75) is 25.5 Å². The monoisotopic (exact) mass is 290 g/mol. The molecule has 0 spiro atoms. The van der Waals surface area contributed by atoms with Crippen LogP contribution in [0.15, 0.2) is 22.7 Å². The summed E-state index contributed by atoms with van der Waals surface area (Å²) in [5.41, 5.74) is 3.55. The molecule has 0 amide bonds. The molecule has 2 atom stereocenters. The average Bonchev–Trinajstić information content (AvgIpc) is 2.23. The lowest BCUT2D eigenvalue weighted by Gasteiger charge is -2.22. The van der Waals surface area contributed by atoms with E-state index < -0.39 is 0 Å². The maximum Gasteiger partial charge on any atom is 0.124 e. The van der Waals surface area contributed by atoms with Gasteiger partial charge in [-0.15, -0.1) is 0 Å². The molecule has 0 aromatic heterocycles. The van der Waals surface area contributed by atoms with Crippen molar-refractivity contribution in [3.8, 4) is 0 Å². The fraction of sp³-hybridized carbons (Fsp3) is 0.455. The molecule has 0 bridgehead atoms. The van der Waals surface area contributed by atoms with Crippen LogP contribution in [0, 0.1) is 5.82 Å². The van der Waals surface area contributed by atoms with E-state index in [4.69, 9.17) is 10.6 Å². The minimum Gasteiger partial charge on any atom is -0.380 e. The zero-order valence-corrected chi connectivity index (χ0v) is 10.9. The number of nitrogens with one attached hydrogen (secondary N) is 1. The Morgan fingerprint density at radius 3 is 2.69 bits per heavy atom. The zero-order chi connectivity index (χ0) is 12.1. The van der Waals surface area contributed by atoms with E-state index in [-0.39, 0.29) is 18.0 Å². The van der Waals surface area contributed by atoms with Gasteiger partial charge in [0.25, 0.3) is 0 Å². The number of benzene rings is 1. The highest BCUT2D eigenvalue weighted by Gasteiger charge is 2.16. The van der Waals surface area contributed by atoms with Crippen LogP contribution >= 0.6 is 15.9 Å². The molecule has 1 aromatic rings. The summed E-state index contributed by atoms with van der Waals surface area (Å²) in [7, 11) is 1.62. The van der Waals surface area contributed by atoms with Gasteiger partial charge in [-0.25, -0.2) is 4.39 Å². The van der Waals surface area contributed by atoms with Gasteiger partial charge in [0.2, 0.25) is 0 Å². The minimum absolute atomic E-state index is 0.0351. The van der Waals surface area contributed by atoms with Crippen LogP contribution in [0.4, 0.5) is 4.39 Å². The molecule has 16 heavy (non-hydrogen) atoms. The topological polar surface area (TPSA) is 47.3 Å². The highest BCUT2D eigenvalue weighted by atomic mass is 79.9. The first kappa shape index (κ1) is 13.6. The number of hydrazine groups is 1. The quantitative estimate of drug-likeness (QED) is 0.644. The fourth-order valence-corrected chi connectivity index (χ4v) is 2.02. The molecule has 3 nitrogen and oxygen atoms in total. The molecule has 90 valence electrons. The lowest BCUT2D eigenvalue weighted by molar-refractivity contribution is 0.0831. The van der Waals surface area contributed by atoms with Crippen LogP contribution in [0.25, 0.3) is 0 Å². The van der Waals surface area contributed by atoms with Crippen LogP contribution in [0.3, 0.4) is 0 Å². The molecule has 0 fully saturated rings. The predicted molar refractivity (Wildman–Crippen MR) is 65.4 cm³/mol. The first-order chi connectivity index (χ1) is 7.56. The van der Waals surface area contributed by atoms with E-state index in [1.165, 1.54) is 12.1 Å². The standard InChI is InChI=1S/C11H16BrFN2O/c1-7(16-2)11(15-14)5-8-3-9(12)6-10(13)4-8/h3-4,6-7,11,15H,5,14H2,1-2H3. The van der Waals surface area contributed by atoms with Crippen molar-refractivity contribution in [1.82, 2.24) is 5.43 Å². The molecule has 0 aliphatic heterocycles. The summed E-state index contributed by atoms with van der Waals surface area (Å²) in [6.07, 6.45) is 0.578. The third-order valence-corrected chi connectivity index (χ3v) is 2.99. The lowest BCUT2D eigenvalue weighted by atomic mass is 10.0. The van der Waals surface area contributed by atoms with Crippen LogP contribution in [0.5, 0.6) is 0 Å². The number of methoxy groups -OCH3 is 1. The second kappa shape index (κ2) is 6.30. The van der Waals surface area contributed by atoms with E-state index in [1.807, 2.05) is 13.0 Å². The van der Waals surface area contributed by atoms with Gasteiger partial charge in [-0.05, 0) is 37.1 Å². The number of rotatable bonds is 5. The SMILES string of the molecule is COC(C)C(Cc1cc(F)cc(Br)c1)NN. The summed E-state index contributed by atoms with van der Waals surface area (Å²) in [5.74, 6) is 5.18. The molecule has 1 rings (SSSR count). The van der Waals surface area contributed by atoms with Gasteiger partial charge in [0.15, 0.2) is 0 Å².